The number of fused-ring (bicyclic) bond motifs is 1. The van der Waals surface area contributed by atoms with Gasteiger partial charge in [-0.3, -0.25) is 4.79 Å². The van der Waals surface area contributed by atoms with E-state index in [9.17, 15) is 13.2 Å². The summed E-state index contributed by atoms with van der Waals surface area (Å²) in [7, 11) is -3.67. The number of sulfonamides is 1. The first-order valence-corrected chi connectivity index (χ1v) is 9.63. The molecule has 1 aliphatic carbocycles. The average molecular weight is 374 g/mol. The Bertz CT molecular complexity index is 664. The van der Waals surface area contributed by atoms with Crippen molar-refractivity contribution in [1.82, 2.24) is 10.6 Å². The molecule has 1 amide bonds. The lowest BCUT2D eigenvalue weighted by molar-refractivity contribution is -0.123. The SMILES string of the molecule is Cl.NS(=O)(=O)c1ccc(CNC(=O)C2CC3CCCCC3N2)cc1. The Morgan fingerprint density at radius 1 is 1.21 bits per heavy atom. The van der Waals surface area contributed by atoms with Crippen LogP contribution in [0.2, 0.25) is 0 Å². The van der Waals surface area contributed by atoms with Crippen LogP contribution < -0.4 is 15.8 Å². The van der Waals surface area contributed by atoms with E-state index < -0.39 is 10.0 Å². The molecular formula is C16H24ClN3O3S. The predicted molar refractivity (Wildman–Crippen MR) is 94.2 cm³/mol. The van der Waals surface area contributed by atoms with Crippen LogP contribution in [0.3, 0.4) is 0 Å². The van der Waals surface area contributed by atoms with Crippen LogP contribution >= 0.6 is 12.4 Å². The van der Waals surface area contributed by atoms with Crippen LogP contribution in [0.5, 0.6) is 0 Å². The van der Waals surface area contributed by atoms with Gasteiger partial charge in [0.25, 0.3) is 0 Å². The largest absolute Gasteiger partial charge is 0.351 e. The molecule has 0 spiro atoms. The molecule has 1 aromatic carbocycles. The number of carbonyl (C=O) groups is 1. The second kappa shape index (κ2) is 7.82. The Morgan fingerprint density at radius 3 is 2.50 bits per heavy atom. The van der Waals surface area contributed by atoms with Gasteiger partial charge in [-0.05, 0) is 42.9 Å². The summed E-state index contributed by atoms with van der Waals surface area (Å²) < 4.78 is 22.4. The summed E-state index contributed by atoms with van der Waals surface area (Å²) in [4.78, 5) is 12.4. The zero-order valence-corrected chi connectivity index (χ0v) is 15.0. The van der Waals surface area contributed by atoms with Crippen molar-refractivity contribution in [1.29, 1.82) is 0 Å². The molecule has 1 saturated carbocycles. The molecule has 134 valence electrons. The van der Waals surface area contributed by atoms with Crippen LogP contribution in [0.1, 0.15) is 37.7 Å². The molecule has 1 saturated heterocycles. The van der Waals surface area contributed by atoms with Crippen LogP contribution in [0.15, 0.2) is 29.2 Å². The number of hydrogen-bond acceptors (Lipinski definition) is 4. The van der Waals surface area contributed by atoms with Gasteiger partial charge in [-0.2, -0.15) is 0 Å². The van der Waals surface area contributed by atoms with E-state index in [-0.39, 0.29) is 29.3 Å². The highest BCUT2D eigenvalue weighted by atomic mass is 35.5. The zero-order chi connectivity index (χ0) is 16.4. The quantitative estimate of drug-likeness (QED) is 0.740. The minimum absolute atomic E-state index is 0. The first-order chi connectivity index (χ1) is 10.9. The van der Waals surface area contributed by atoms with E-state index in [4.69, 9.17) is 5.14 Å². The third kappa shape index (κ3) is 4.47. The van der Waals surface area contributed by atoms with E-state index in [1.54, 1.807) is 12.1 Å². The van der Waals surface area contributed by atoms with E-state index in [0.717, 1.165) is 12.0 Å². The predicted octanol–water partition coefficient (Wildman–Crippen LogP) is 1.29. The van der Waals surface area contributed by atoms with Crippen LogP contribution in [0.4, 0.5) is 0 Å². The number of amides is 1. The second-order valence-electron chi connectivity index (χ2n) is 6.51. The number of halogens is 1. The first-order valence-electron chi connectivity index (χ1n) is 8.09. The van der Waals surface area contributed by atoms with Gasteiger partial charge in [0.05, 0.1) is 10.9 Å². The normalized spacial score (nSPS) is 26.3. The minimum atomic E-state index is -3.67. The van der Waals surface area contributed by atoms with Crippen LogP contribution in [-0.4, -0.2) is 26.4 Å². The first kappa shape index (κ1) is 19.2. The highest BCUT2D eigenvalue weighted by Gasteiger charge is 2.37. The van der Waals surface area contributed by atoms with Gasteiger partial charge in [0.1, 0.15) is 0 Å². The lowest BCUT2D eigenvalue weighted by Crippen LogP contribution is -2.42. The summed E-state index contributed by atoms with van der Waals surface area (Å²) in [5.74, 6) is 0.656. The summed E-state index contributed by atoms with van der Waals surface area (Å²) >= 11 is 0. The molecular weight excluding hydrogens is 350 g/mol. The molecule has 4 N–H and O–H groups in total. The van der Waals surface area contributed by atoms with Gasteiger partial charge in [0.2, 0.25) is 15.9 Å². The minimum Gasteiger partial charge on any atom is -0.351 e. The summed E-state index contributed by atoms with van der Waals surface area (Å²) in [6.07, 6.45) is 5.83. The molecule has 1 heterocycles. The number of nitrogens with two attached hydrogens (primary N) is 1. The Kier molecular flexibility index (Phi) is 6.25. The summed E-state index contributed by atoms with van der Waals surface area (Å²) in [5.41, 5.74) is 0.848. The maximum absolute atomic E-state index is 12.3. The third-order valence-electron chi connectivity index (χ3n) is 4.90. The molecule has 3 unspecified atom stereocenters. The van der Waals surface area contributed by atoms with Crippen molar-refractivity contribution >= 4 is 28.3 Å². The fourth-order valence-corrected chi connectivity index (χ4v) is 4.15. The average Bonchev–Trinajstić information content (AvgIpc) is 2.96. The fourth-order valence-electron chi connectivity index (χ4n) is 3.63. The smallest absolute Gasteiger partial charge is 0.238 e. The molecule has 8 heteroatoms. The van der Waals surface area contributed by atoms with E-state index >= 15 is 0 Å². The van der Waals surface area contributed by atoms with Crippen molar-refractivity contribution in [2.45, 2.75) is 55.6 Å². The van der Waals surface area contributed by atoms with E-state index in [1.807, 2.05) is 0 Å². The van der Waals surface area contributed by atoms with Crippen molar-refractivity contribution in [2.24, 2.45) is 11.1 Å². The molecule has 0 radical (unpaired) electrons. The van der Waals surface area contributed by atoms with E-state index in [0.29, 0.717) is 18.5 Å². The molecule has 3 rings (SSSR count). The fraction of sp³-hybridized carbons (Fsp3) is 0.562. The van der Waals surface area contributed by atoms with Gasteiger partial charge in [-0.1, -0.05) is 25.0 Å². The molecule has 2 aliphatic rings. The number of carbonyl (C=O) groups excluding carboxylic acids is 1. The topological polar surface area (TPSA) is 101 Å². The Labute approximate surface area is 149 Å². The van der Waals surface area contributed by atoms with Gasteiger partial charge in [-0.15, -0.1) is 12.4 Å². The molecule has 1 aliphatic heterocycles. The van der Waals surface area contributed by atoms with Gasteiger partial charge in [0, 0.05) is 12.6 Å². The number of hydrogen-bond donors (Lipinski definition) is 3. The molecule has 6 nitrogen and oxygen atoms in total. The molecule has 24 heavy (non-hydrogen) atoms. The second-order valence-corrected chi connectivity index (χ2v) is 8.07. The molecule has 3 atom stereocenters. The van der Waals surface area contributed by atoms with E-state index in [2.05, 4.69) is 10.6 Å². The monoisotopic (exact) mass is 373 g/mol. The summed E-state index contributed by atoms with van der Waals surface area (Å²) in [5, 5.41) is 11.4. The third-order valence-corrected chi connectivity index (χ3v) is 5.83. The zero-order valence-electron chi connectivity index (χ0n) is 13.4. The van der Waals surface area contributed by atoms with E-state index in [1.165, 1.54) is 37.8 Å². The Hall–Kier alpha value is -1.15. The lowest BCUT2D eigenvalue weighted by atomic mass is 9.85. The molecule has 1 aromatic rings. The van der Waals surface area contributed by atoms with Crippen LogP contribution in [0, 0.1) is 5.92 Å². The maximum atomic E-state index is 12.3. The van der Waals surface area contributed by atoms with Crippen LogP contribution in [-0.2, 0) is 21.4 Å². The number of primary sulfonamides is 1. The van der Waals surface area contributed by atoms with Crippen molar-refractivity contribution < 1.29 is 13.2 Å². The van der Waals surface area contributed by atoms with Crippen LogP contribution in [0.25, 0.3) is 0 Å². The summed E-state index contributed by atoms with van der Waals surface area (Å²) in [6.45, 7) is 0.386. The van der Waals surface area contributed by atoms with Gasteiger partial charge in [-0.25, -0.2) is 13.6 Å². The number of nitrogens with one attached hydrogen (secondary N) is 2. The molecule has 0 aromatic heterocycles. The van der Waals surface area contributed by atoms with Crippen molar-refractivity contribution in [3.8, 4) is 0 Å². The molecule has 0 bridgehead atoms. The van der Waals surface area contributed by atoms with Crippen molar-refractivity contribution in [3.05, 3.63) is 29.8 Å². The Balaban J connectivity index is 0.00000208. The van der Waals surface area contributed by atoms with Gasteiger partial charge in [0.15, 0.2) is 0 Å². The van der Waals surface area contributed by atoms with Gasteiger partial charge >= 0.3 is 0 Å². The highest BCUT2D eigenvalue weighted by molar-refractivity contribution is 7.89. The summed E-state index contributed by atoms with van der Waals surface area (Å²) in [6, 6.07) is 6.64. The molecule has 2 fully saturated rings. The lowest BCUT2D eigenvalue weighted by Gasteiger charge is -2.24. The standard InChI is InChI=1S/C16H23N3O3S.ClH/c17-23(21,22)13-7-5-11(6-8-13)10-18-16(20)15-9-12-3-1-2-4-14(12)19-15;/h5-8,12,14-15,19H,1-4,9-10H2,(H,18,20)(H2,17,21,22);1H. The van der Waals surface area contributed by atoms with Crippen molar-refractivity contribution in [2.75, 3.05) is 0 Å². The Morgan fingerprint density at radius 2 is 1.88 bits per heavy atom. The maximum Gasteiger partial charge on any atom is 0.238 e. The van der Waals surface area contributed by atoms with Gasteiger partial charge < -0.3 is 10.6 Å². The number of rotatable bonds is 4. The highest BCUT2D eigenvalue weighted by Crippen LogP contribution is 2.33. The van der Waals surface area contributed by atoms with Crippen molar-refractivity contribution in [3.63, 3.8) is 0 Å². The number of benzene rings is 1.